The minimum absolute atomic E-state index is 0.275. The van der Waals surface area contributed by atoms with Gasteiger partial charge in [0.1, 0.15) is 0 Å². The molecule has 1 heterocycles. The molecule has 1 aromatic carbocycles. The van der Waals surface area contributed by atoms with Gasteiger partial charge < -0.3 is 0 Å². The van der Waals surface area contributed by atoms with Crippen LogP contribution in [0.5, 0.6) is 0 Å². The van der Waals surface area contributed by atoms with Gasteiger partial charge in [0.15, 0.2) is 5.78 Å². The van der Waals surface area contributed by atoms with E-state index in [1.165, 1.54) is 11.3 Å². The number of hydrogen-bond acceptors (Lipinski definition) is 2. The summed E-state index contributed by atoms with van der Waals surface area (Å²) in [6.45, 7) is 0. The van der Waals surface area contributed by atoms with Gasteiger partial charge in [-0.15, -0.1) is 11.3 Å². The van der Waals surface area contributed by atoms with Gasteiger partial charge in [-0.25, -0.2) is 0 Å². The fourth-order valence-electron chi connectivity index (χ4n) is 1.85. The van der Waals surface area contributed by atoms with E-state index in [0.29, 0.717) is 10.8 Å². The van der Waals surface area contributed by atoms with Crippen LogP contribution in [-0.2, 0) is 0 Å². The lowest BCUT2D eigenvalue weighted by Crippen LogP contribution is -1.96. The Morgan fingerprint density at radius 2 is 2.06 bits per heavy atom. The molecular weight excluding hydrogens is 332 g/mol. The third-order valence-electron chi connectivity index (χ3n) is 2.99. The van der Waals surface area contributed by atoms with Crippen molar-refractivity contribution in [3.63, 3.8) is 0 Å². The maximum atomic E-state index is 12.0. The number of ketones is 1. The van der Waals surface area contributed by atoms with Crippen LogP contribution in [0.15, 0.2) is 34.8 Å². The first kappa shape index (κ1) is 12.4. The van der Waals surface area contributed by atoms with E-state index in [4.69, 9.17) is 11.6 Å². The zero-order valence-electron chi connectivity index (χ0n) is 9.45. The van der Waals surface area contributed by atoms with E-state index in [0.717, 1.165) is 32.6 Å². The SMILES string of the molecule is O=C(c1ccc(-c2ccc(Br)cc2Cl)s1)C1CC1. The van der Waals surface area contributed by atoms with Gasteiger partial charge in [0, 0.05) is 20.8 Å². The lowest BCUT2D eigenvalue weighted by Gasteiger charge is -2.01. The summed E-state index contributed by atoms with van der Waals surface area (Å²) < 4.78 is 0.960. The Morgan fingerprint density at radius 1 is 1.28 bits per heavy atom. The first-order valence-electron chi connectivity index (χ1n) is 5.74. The zero-order valence-corrected chi connectivity index (χ0v) is 12.6. The van der Waals surface area contributed by atoms with E-state index in [1.807, 2.05) is 30.3 Å². The van der Waals surface area contributed by atoms with E-state index in [2.05, 4.69) is 15.9 Å². The normalized spacial score (nSPS) is 14.8. The smallest absolute Gasteiger partial charge is 0.175 e. The fourth-order valence-corrected chi connectivity index (χ4v) is 3.75. The maximum absolute atomic E-state index is 12.0. The highest BCUT2D eigenvalue weighted by Gasteiger charge is 2.31. The van der Waals surface area contributed by atoms with Crippen molar-refractivity contribution in [1.29, 1.82) is 0 Å². The summed E-state index contributed by atoms with van der Waals surface area (Å²) in [7, 11) is 0. The van der Waals surface area contributed by atoms with Crippen LogP contribution < -0.4 is 0 Å². The van der Waals surface area contributed by atoms with Crippen molar-refractivity contribution in [1.82, 2.24) is 0 Å². The van der Waals surface area contributed by atoms with Crippen LogP contribution >= 0.6 is 38.9 Å². The highest BCUT2D eigenvalue weighted by molar-refractivity contribution is 9.10. The summed E-state index contributed by atoms with van der Waals surface area (Å²) in [5, 5.41) is 0.705. The van der Waals surface area contributed by atoms with Crippen LogP contribution in [0.2, 0.25) is 5.02 Å². The Bertz CT molecular complexity index is 616. The minimum Gasteiger partial charge on any atom is -0.293 e. The summed E-state index contributed by atoms with van der Waals surface area (Å²) in [6.07, 6.45) is 2.09. The first-order chi connectivity index (χ1) is 8.65. The lowest BCUT2D eigenvalue weighted by atomic mass is 10.2. The van der Waals surface area contributed by atoms with Crippen LogP contribution in [0, 0.1) is 5.92 Å². The molecule has 92 valence electrons. The summed E-state index contributed by atoms with van der Waals surface area (Å²) in [4.78, 5) is 13.9. The largest absolute Gasteiger partial charge is 0.293 e. The molecule has 4 heteroatoms. The molecule has 0 atom stereocenters. The third-order valence-corrected chi connectivity index (χ3v) is 4.93. The molecule has 3 rings (SSSR count). The number of Topliss-reactive ketones (excluding diaryl/α,β-unsaturated/α-hetero) is 1. The Kier molecular flexibility index (Phi) is 3.31. The second-order valence-electron chi connectivity index (χ2n) is 4.43. The van der Waals surface area contributed by atoms with Crippen LogP contribution in [0.4, 0.5) is 0 Å². The monoisotopic (exact) mass is 340 g/mol. The molecule has 0 unspecified atom stereocenters. The molecule has 1 aliphatic carbocycles. The molecule has 1 fully saturated rings. The van der Waals surface area contributed by atoms with Crippen LogP contribution in [0.3, 0.4) is 0 Å². The molecular formula is C14H10BrClOS. The Hall–Kier alpha value is -0.640. The molecule has 0 bridgehead atoms. The quantitative estimate of drug-likeness (QED) is 0.681. The van der Waals surface area contributed by atoms with Crippen LogP contribution in [0.1, 0.15) is 22.5 Å². The average Bonchev–Trinajstić information content (AvgIpc) is 3.07. The molecule has 0 aliphatic heterocycles. The van der Waals surface area contributed by atoms with Crippen molar-refractivity contribution in [2.45, 2.75) is 12.8 Å². The highest BCUT2D eigenvalue weighted by atomic mass is 79.9. The predicted molar refractivity (Wildman–Crippen MR) is 79.5 cm³/mol. The van der Waals surface area contributed by atoms with Crippen molar-refractivity contribution in [2.75, 3.05) is 0 Å². The van der Waals surface area contributed by atoms with Gasteiger partial charge in [-0.05, 0) is 37.1 Å². The van der Waals surface area contributed by atoms with Crippen LogP contribution in [-0.4, -0.2) is 5.78 Å². The second-order valence-corrected chi connectivity index (χ2v) is 6.83. The number of carbonyl (C=O) groups excluding carboxylic acids is 1. The summed E-state index contributed by atoms with van der Waals surface area (Å²) in [5.74, 6) is 0.566. The molecule has 2 aromatic rings. The molecule has 18 heavy (non-hydrogen) atoms. The summed E-state index contributed by atoms with van der Waals surface area (Å²) >= 11 is 11.1. The Labute approximate surface area is 123 Å². The number of rotatable bonds is 3. The minimum atomic E-state index is 0.275. The third kappa shape index (κ3) is 2.40. The average molecular weight is 342 g/mol. The number of benzene rings is 1. The van der Waals surface area contributed by atoms with E-state index in [9.17, 15) is 4.79 Å². The molecule has 1 nitrogen and oxygen atoms in total. The topological polar surface area (TPSA) is 17.1 Å². The highest BCUT2D eigenvalue weighted by Crippen LogP contribution is 2.38. The zero-order chi connectivity index (χ0) is 12.7. The maximum Gasteiger partial charge on any atom is 0.175 e. The summed E-state index contributed by atoms with van der Waals surface area (Å²) in [5.41, 5.74) is 0.986. The van der Waals surface area contributed by atoms with Gasteiger partial charge in [-0.2, -0.15) is 0 Å². The van der Waals surface area contributed by atoms with E-state index in [-0.39, 0.29) is 5.92 Å². The van der Waals surface area contributed by atoms with Gasteiger partial charge in [0.05, 0.1) is 9.90 Å². The number of thiophene rings is 1. The standard InChI is InChI=1S/C14H10BrClOS/c15-9-3-4-10(11(16)7-9)12-5-6-13(18-12)14(17)8-1-2-8/h3-8H,1-2H2. The molecule has 1 aromatic heterocycles. The van der Waals surface area contributed by atoms with Gasteiger partial charge >= 0.3 is 0 Å². The number of hydrogen-bond donors (Lipinski definition) is 0. The Morgan fingerprint density at radius 3 is 2.72 bits per heavy atom. The van der Waals surface area contributed by atoms with Gasteiger partial charge in [0.25, 0.3) is 0 Å². The van der Waals surface area contributed by atoms with Crippen molar-refractivity contribution in [2.24, 2.45) is 5.92 Å². The predicted octanol–water partition coefficient (Wildman–Crippen LogP) is 5.42. The van der Waals surface area contributed by atoms with Crippen molar-refractivity contribution < 1.29 is 4.79 Å². The Balaban J connectivity index is 1.94. The molecule has 0 radical (unpaired) electrons. The lowest BCUT2D eigenvalue weighted by molar-refractivity contribution is 0.0971. The number of halogens is 2. The van der Waals surface area contributed by atoms with E-state index >= 15 is 0 Å². The molecule has 0 spiro atoms. The van der Waals surface area contributed by atoms with E-state index < -0.39 is 0 Å². The van der Waals surface area contributed by atoms with Gasteiger partial charge in [-0.3, -0.25) is 4.79 Å². The molecule has 1 saturated carbocycles. The van der Waals surface area contributed by atoms with Gasteiger partial charge in [-0.1, -0.05) is 33.6 Å². The van der Waals surface area contributed by atoms with E-state index in [1.54, 1.807) is 0 Å². The summed E-state index contributed by atoms with van der Waals surface area (Å²) in [6, 6.07) is 9.71. The molecule has 0 saturated heterocycles. The number of carbonyl (C=O) groups is 1. The van der Waals surface area contributed by atoms with Crippen LogP contribution in [0.25, 0.3) is 10.4 Å². The molecule has 1 aliphatic rings. The fraction of sp³-hybridized carbons (Fsp3) is 0.214. The van der Waals surface area contributed by atoms with Crippen molar-refractivity contribution in [3.05, 3.63) is 44.7 Å². The second kappa shape index (κ2) is 4.80. The van der Waals surface area contributed by atoms with Gasteiger partial charge in [0.2, 0.25) is 0 Å². The molecule has 0 amide bonds. The molecule has 0 N–H and O–H groups in total. The first-order valence-corrected chi connectivity index (χ1v) is 7.73. The van der Waals surface area contributed by atoms with Crippen molar-refractivity contribution >= 4 is 44.7 Å². The van der Waals surface area contributed by atoms with Crippen molar-refractivity contribution in [3.8, 4) is 10.4 Å².